The third kappa shape index (κ3) is 2.51. The molecule has 0 bridgehead atoms. The lowest BCUT2D eigenvalue weighted by atomic mass is 10.1. The Labute approximate surface area is 140 Å². The molecule has 0 saturated carbocycles. The van der Waals surface area contributed by atoms with Gasteiger partial charge in [0, 0.05) is 23.0 Å². The van der Waals surface area contributed by atoms with Crippen molar-refractivity contribution in [3.63, 3.8) is 0 Å². The number of hydrogen-bond donors (Lipinski definition) is 0. The Bertz CT molecular complexity index is 984. The number of aryl methyl sites for hydroxylation is 1. The Morgan fingerprint density at radius 3 is 2.61 bits per heavy atom. The molecular formula is C20H18N2S. The maximum atomic E-state index is 4.62. The second-order valence-corrected chi connectivity index (χ2v) is 6.71. The Morgan fingerprint density at radius 2 is 1.83 bits per heavy atom. The molecule has 2 nitrogen and oxygen atoms in total. The summed E-state index contributed by atoms with van der Waals surface area (Å²) < 4.78 is 2.37. The summed E-state index contributed by atoms with van der Waals surface area (Å²) in [6, 6.07) is 19.6. The van der Waals surface area contributed by atoms with Gasteiger partial charge >= 0.3 is 0 Å². The van der Waals surface area contributed by atoms with Gasteiger partial charge in [0.25, 0.3) is 0 Å². The molecule has 2 aromatic heterocycles. The summed E-state index contributed by atoms with van der Waals surface area (Å²) in [5, 5.41) is 1.24. The second kappa shape index (κ2) is 5.74. The monoisotopic (exact) mass is 318 g/mol. The molecule has 0 atom stereocenters. The molecule has 4 aromatic rings. The van der Waals surface area contributed by atoms with Crippen LogP contribution in [0.25, 0.3) is 21.9 Å². The minimum atomic E-state index is 0.864. The second-order valence-electron chi connectivity index (χ2n) is 5.83. The summed E-state index contributed by atoms with van der Waals surface area (Å²) in [6.07, 6.45) is 3.98. The Hall–Kier alpha value is -2.26. The number of nitrogens with zero attached hydrogens (tertiary/aromatic N) is 2. The number of pyridine rings is 1. The van der Waals surface area contributed by atoms with Gasteiger partial charge in [0.05, 0.1) is 16.6 Å². The van der Waals surface area contributed by atoms with E-state index in [2.05, 4.69) is 71.3 Å². The van der Waals surface area contributed by atoms with Crippen LogP contribution in [0, 0.1) is 6.92 Å². The van der Waals surface area contributed by atoms with Crippen LogP contribution in [0.3, 0.4) is 0 Å². The van der Waals surface area contributed by atoms with Gasteiger partial charge in [-0.05, 0) is 55.1 Å². The van der Waals surface area contributed by atoms with E-state index in [0.717, 1.165) is 12.1 Å². The molecule has 4 rings (SSSR count). The molecule has 2 heterocycles. The first-order valence-corrected chi connectivity index (χ1v) is 8.95. The predicted octanol–water partition coefficient (Wildman–Crippen LogP) is 5.27. The van der Waals surface area contributed by atoms with Crippen LogP contribution in [0.1, 0.15) is 11.1 Å². The van der Waals surface area contributed by atoms with Crippen molar-refractivity contribution in [1.82, 2.24) is 9.55 Å². The Morgan fingerprint density at radius 1 is 1.00 bits per heavy atom. The predicted molar refractivity (Wildman–Crippen MR) is 99.3 cm³/mol. The van der Waals surface area contributed by atoms with E-state index in [-0.39, 0.29) is 0 Å². The van der Waals surface area contributed by atoms with E-state index in [1.165, 1.54) is 32.4 Å². The highest BCUT2D eigenvalue weighted by molar-refractivity contribution is 7.98. The molecule has 0 aliphatic rings. The van der Waals surface area contributed by atoms with E-state index in [1.54, 1.807) is 11.8 Å². The summed E-state index contributed by atoms with van der Waals surface area (Å²) >= 11 is 1.78. The molecule has 0 spiro atoms. The fraction of sp³-hybridized carbons (Fsp3) is 0.150. The van der Waals surface area contributed by atoms with Crippen LogP contribution < -0.4 is 0 Å². The summed E-state index contributed by atoms with van der Waals surface area (Å²) in [4.78, 5) is 5.92. The number of benzene rings is 2. The van der Waals surface area contributed by atoms with E-state index in [0.29, 0.717) is 0 Å². The van der Waals surface area contributed by atoms with E-state index >= 15 is 0 Å². The number of fused-ring (bicyclic) bond motifs is 3. The van der Waals surface area contributed by atoms with Crippen LogP contribution in [0.2, 0.25) is 0 Å². The van der Waals surface area contributed by atoms with E-state index in [1.807, 2.05) is 12.3 Å². The topological polar surface area (TPSA) is 17.8 Å². The molecule has 0 radical (unpaired) electrons. The van der Waals surface area contributed by atoms with Crippen molar-refractivity contribution in [2.75, 3.05) is 6.26 Å². The van der Waals surface area contributed by atoms with Crippen molar-refractivity contribution in [2.45, 2.75) is 18.4 Å². The zero-order valence-corrected chi connectivity index (χ0v) is 14.1. The molecule has 0 amide bonds. The van der Waals surface area contributed by atoms with Crippen LogP contribution in [0.5, 0.6) is 0 Å². The Balaban J connectivity index is 1.89. The highest BCUT2D eigenvalue weighted by atomic mass is 32.2. The van der Waals surface area contributed by atoms with Crippen LogP contribution >= 0.6 is 11.8 Å². The molecule has 114 valence electrons. The number of hydrogen-bond acceptors (Lipinski definition) is 2. The number of thioether (sulfide) groups is 1. The van der Waals surface area contributed by atoms with Crippen molar-refractivity contribution < 1.29 is 0 Å². The molecule has 0 aliphatic heterocycles. The fourth-order valence-electron chi connectivity index (χ4n) is 3.11. The smallest absolute Gasteiger partial charge is 0.0959 e. The van der Waals surface area contributed by atoms with Crippen LogP contribution in [-0.2, 0) is 6.54 Å². The van der Waals surface area contributed by atoms with Gasteiger partial charge in [-0.3, -0.25) is 4.98 Å². The van der Waals surface area contributed by atoms with E-state index in [4.69, 9.17) is 0 Å². The fourth-order valence-corrected chi connectivity index (χ4v) is 3.52. The summed E-state index contributed by atoms with van der Waals surface area (Å²) in [7, 11) is 0. The minimum absolute atomic E-state index is 0.864. The maximum Gasteiger partial charge on any atom is 0.0959 e. The summed E-state index contributed by atoms with van der Waals surface area (Å²) in [5.41, 5.74) is 6.12. The van der Waals surface area contributed by atoms with Crippen molar-refractivity contribution in [1.29, 1.82) is 0 Å². The molecule has 2 aromatic carbocycles. The quantitative estimate of drug-likeness (QED) is 0.479. The third-order valence-electron chi connectivity index (χ3n) is 4.27. The standard InChI is InChI=1S/C20H18N2S/c1-14-5-10-18-17(12-14)20-19(4-3-11-21-20)22(18)13-15-6-8-16(23-2)9-7-15/h3-12H,13H2,1-2H3. The average molecular weight is 318 g/mol. The third-order valence-corrected chi connectivity index (χ3v) is 5.02. The molecule has 0 saturated heterocycles. The number of aromatic nitrogens is 2. The van der Waals surface area contributed by atoms with Crippen LogP contribution in [0.15, 0.2) is 65.7 Å². The lowest BCUT2D eigenvalue weighted by molar-refractivity contribution is 0.866. The van der Waals surface area contributed by atoms with Gasteiger partial charge in [0.15, 0.2) is 0 Å². The summed E-state index contributed by atoms with van der Waals surface area (Å²) in [6.45, 7) is 3.00. The van der Waals surface area contributed by atoms with Gasteiger partial charge in [-0.15, -0.1) is 11.8 Å². The molecule has 23 heavy (non-hydrogen) atoms. The molecule has 0 unspecified atom stereocenters. The van der Waals surface area contributed by atoms with Gasteiger partial charge in [-0.1, -0.05) is 23.8 Å². The highest BCUT2D eigenvalue weighted by Gasteiger charge is 2.11. The molecule has 0 N–H and O–H groups in total. The van der Waals surface area contributed by atoms with E-state index < -0.39 is 0 Å². The molecular weight excluding hydrogens is 300 g/mol. The zero-order valence-electron chi connectivity index (χ0n) is 13.3. The van der Waals surface area contributed by atoms with Crippen molar-refractivity contribution in [3.8, 4) is 0 Å². The van der Waals surface area contributed by atoms with Gasteiger partial charge in [-0.25, -0.2) is 0 Å². The maximum absolute atomic E-state index is 4.62. The normalized spacial score (nSPS) is 11.4. The van der Waals surface area contributed by atoms with Gasteiger partial charge in [-0.2, -0.15) is 0 Å². The van der Waals surface area contributed by atoms with Crippen molar-refractivity contribution in [3.05, 3.63) is 71.9 Å². The van der Waals surface area contributed by atoms with Gasteiger partial charge in [0.2, 0.25) is 0 Å². The Kier molecular flexibility index (Phi) is 3.58. The van der Waals surface area contributed by atoms with Crippen molar-refractivity contribution >= 4 is 33.7 Å². The lowest BCUT2D eigenvalue weighted by Gasteiger charge is -2.08. The first-order chi connectivity index (χ1) is 11.3. The lowest BCUT2D eigenvalue weighted by Crippen LogP contribution is -1.99. The van der Waals surface area contributed by atoms with Crippen molar-refractivity contribution in [2.24, 2.45) is 0 Å². The zero-order chi connectivity index (χ0) is 15.8. The largest absolute Gasteiger partial charge is 0.335 e. The van der Waals surface area contributed by atoms with Gasteiger partial charge in [0.1, 0.15) is 0 Å². The number of rotatable bonds is 3. The van der Waals surface area contributed by atoms with E-state index in [9.17, 15) is 0 Å². The SMILES string of the molecule is CSc1ccc(Cn2c3ccc(C)cc3c3ncccc32)cc1. The molecule has 0 aliphatic carbocycles. The first kappa shape index (κ1) is 14.3. The van der Waals surface area contributed by atoms with Crippen LogP contribution in [-0.4, -0.2) is 15.8 Å². The molecule has 3 heteroatoms. The summed E-state index contributed by atoms with van der Waals surface area (Å²) in [5.74, 6) is 0. The van der Waals surface area contributed by atoms with Gasteiger partial charge < -0.3 is 4.57 Å². The molecule has 0 fully saturated rings. The minimum Gasteiger partial charge on any atom is -0.335 e. The average Bonchev–Trinajstić information content (AvgIpc) is 2.89. The first-order valence-electron chi connectivity index (χ1n) is 7.73. The van der Waals surface area contributed by atoms with Crippen LogP contribution in [0.4, 0.5) is 0 Å². The highest BCUT2D eigenvalue weighted by Crippen LogP contribution is 2.29.